The average Bonchev–Trinajstić information content (AvgIpc) is 2.80. The zero-order valence-corrected chi connectivity index (χ0v) is 11.4. The van der Waals surface area contributed by atoms with Crippen LogP contribution in [-0.4, -0.2) is 47.1 Å². The van der Waals surface area contributed by atoms with Gasteiger partial charge in [0.15, 0.2) is 5.60 Å². The first-order valence-electron chi connectivity index (χ1n) is 6.35. The van der Waals surface area contributed by atoms with Crippen LogP contribution < -0.4 is 4.74 Å². The molecule has 1 fully saturated rings. The summed E-state index contributed by atoms with van der Waals surface area (Å²) in [5.41, 5.74) is -3.08. The number of benzene rings is 1. The highest BCUT2D eigenvalue weighted by Gasteiger charge is 2.57. The molecule has 0 spiro atoms. The molecule has 0 radical (unpaired) electrons. The van der Waals surface area contributed by atoms with E-state index in [2.05, 4.69) is 4.74 Å². The predicted octanol–water partition coefficient (Wildman–Crippen LogP) is 2.72. The maximum atomic E-state index is 12.7. The molecule has 0 saturated carbocycles. The quantitative estimate of drug-likeness (QED) is 0.840. The van der Waals surface area contributed by atoms with Crippen molar-refractivity contribution < 1.29 is 41.0 Å². The van der Waals surface area contributed by atoms with Gasteiger partial charge in [0.25, 0.3) is 5.91 Å². The predicted molar refractivity (Wildman–Crippen MR) is 64.7 cm³/mol. The Hall–Kier alpha value is -1.97. The van der Waals surface area contributed by atoms with Crippen LogP contribution in [0.25, 0.3) is 0 Å². The Labute approximate surface area is 126 Å². The lowest BCUT2D eigenvalue weighted by Gasteiger charge is -2.25. The zero-order chi connectivity index (χ0) is 17.5. The molecule has 0 unspecified atom stereocenters. The lowest BCUT2D eigenvalue weighted by Crippen LogP contribution is -2.48. The summed E-state index contributed by atoms with van der Waals surface area (Å²) in [5, 5.41) is 9.50. The van der Waals surface area contributed by atoms with Crippen molar-refractivity contribution in [2.24, 2.45) is 0 Å². The van der Waals surface area contributed by atoms with Crippen LogP contribution in [0.1, 0.15) is 16.8 Å². The van der Waals surface area contributed by atoms with Gasteiger partial charge in [0.1, 0.15) is 5.75 Å². The second kappa shape index (κ2) is 5.59. The van der Waals surface area contributed by atoms with Gasteiger partial charge >= 0.3 is 12.5 Å². The Bertz CT molecular complexity index is 583. The van der Waals surface area contributed by atoms with Crippen LogP contribution in [0.15, 0.2) is 24.3 Å². The van der Waals surface area contributed by atoms with Crippen LogP contribution in [-0.2, 0) is 0 Å². The molecule has 1 aliphatic heterocycles. The SMILES string of the molecule is O=C(c1ccc(OC(F)(F)F)cc1)N1CC[C@@](O)(C(F)(F)F)C1. The number of likely N-dealkylation sites (tertiary alicyclic amines) is 1. The molecule has 1 amide bonds. The Morgan fingerprint density at radius 2 is 1.70 bits per heavy atom. The highest BCUT2D eigenvalue weighted by molar-refractivity contribution is 5.94. The normalized spacial score (nSPS) is 22.3. The van der Waals surface area contributed by atoms with Crippen LogP contribution in [0.3, 0.4) is 0 Å². The molecule has 1 atom stereocenters. The van der Waals surface area contributed by atoms with E-state index in [0.717, 1.165) is 29.2 Å². The fourth-order valence-electron chi connectivity index (χ4n) is 2.18. The minimum atomic E-state index is -4.89. The number of carbonyl (C=O) groups is 1. The van der Waals surface area contributed by atoms with E-state index in [1.165, 1.54) is 0 Å². The summed E-state index contributed by atoms with van der Waals surface area (Å²) < 4.78 is 77.7. The molecule has 23 heavy (non-hydrogen) atoms. The van der Waals surface area contributed by atoms with Crippen molar-refractivity contribution in [2.45, 2.75) is 24.6 Å². The maximum absolute atomic E-state index is 12.7. The van der Waals surface area contributed by atoms with Crippen LogP contribution >= 0.6 is 0 Å². The first kappa shape index (κ1) is 17.4. The van der Waals surface area contributed by atoms with Crippen molar-refractivity contribution >= 4 is 5.91 Å². The topological polar surface area (TPSA) is 49.8 Å². The van der Waals surface area contributed by atoms with Crippen molar-refractivity contribution in [3.8, 4) is 5.75 Å². The largest absolute Gasteiger partial charge is 0.573 e. The molecule has 1 aromatic rings. The molecule has 10 heteroatoms. The van der Waals surface area contributed by atoms with E-state index in [9.17, 15) is 36.2 Å². The highest BCUT2D eigenvalue weighted by atomic mass is 19.4. The van der Waals surface area contributed by atoms with Gasteiger partial charge in [0.2, 0.25) is 0 Å². The molecule has 4 nitrogen and oxygen atoms in total. The van der Waals surface area contributed by atoms with Crippen molar-refractivity contribution in [1.29, 1.82) is 0 Å². The Morgan fingerprint density at radius 1 is 1.13 bits per heavy atom. The minimum absolute atomic E-state index is 0.106. The maximum Gasteiger partial charge on any atom is 0.573 e. The van der Waals surface area contributed by atoms with Crippen LogP contribution in [0.4, 0.5) is 26.3 Å². The molecule has 1 aromatic carbocycles. The number of nitrogens with zero attached hydrogens (tertiary/aromatic N) is 1. The third-order valence-corrected chi connectivity index (χ3v) is 3.40. The van der Waals surface area contributed by atoms with Gasteiger partial charge in [-0.15, -0.1) is 13.2 Å². The van der Waals surface area contributed by atoms with E-state index in [1.807, 2.05) is 0 Å². The molecule has 0 aliphatic carbocycles. The van der Waals surface area contributed by atoms with Gasteiger partial charge in [-0.05, 0) is 24.3 Å². The van der Waals surface area contributed by atoms with Crippen molar-refractivity contribution in [1.82, 2.24) is 4.90 Å². The summed E-state index contributed by atoms with van der Waals surface area (Å²) >= 11 is 0. The molecule has 1 saturated heterocycles. The monoisotopic (exact) mass is 343 g/mol. The van der Waals surface area contributed by atoms with Crippen LogP contribution in [0.2, 0.25) is 0 Å². The molecule has 0 aromatic heterocycles. The number of hydrogen-bond donors (Lipinski definition) is 1. The Morgan fingerprint density at radius 3 is 2.13 bits per heavy atom. The molecule has 0 bridgehead atoms. The zero-order valence-electron chi connectivity index (χ0n) is 11.4. The minimum Gasteiger partial charge on any atom is -0.406 e. The fraction of sp³-hybridized carbons (Fsp3) is 0.462. The lowest BCUT2D eigenvalue weighted by atomic mass is 10.0. The highest BCUT2D eigenvalue weighted by Crippen LogP contribution is 2.38. The summed E-state index contributed by atoms with van der Waals surface area (Å²) in [5.74, 6) is -1.37. The van der Waals surface area contributed by atoms with Gasteiger partial charge in [-0.25, -0.2) is 0 Å². The number of aliphatic hydroxyl groups is 1. The van der Waals surface area contributed by atoms with Gasteiger partial charge in [-0.3, -0.25) is 4.79 Å². The number of hydrogen-bond acceptors (Lipinski definition) is 3. The van der Waals surface area contributed by atoms with Gasteiger partial charge < -0.3 is 14.7 Å². The Kier molecular flexibility index (Phi) is 4.22. The second-order valence-electron chi connectivity index (χ2n) is 5.08. The first-order chi connectivity index (χ1) is 10.4. The van der Waals surface area contributed by atoms with Gasteiger partial charge in [0, 0.05) is 18.5 Å². The summed E-state index contributed by atoms with van der Waals surface area (Å²) in [6.07, 6.45) is -10.4. The first-order valence-corrected chi connectivity index (χ1v) is 6.35. The molecule has 128 valence electrons. The third kappa shape index (κ3) is 3.87. The summed E-state index contributed by atoms with van der Waals surface area (Å²) in [4.78, 5) is 12.8. The van der Waals surface area contributed by atoms with Crippen molar-refractivity contribution in [3.63, 3.8) is 0 Å². The lowest BCUT2D eigenvalue weighted by molar-refractivity contribution is -0.274. The summed E-state index contributed by atoms with van der Waals surface area (Å²) in [6, 6.07) is 3.78. The number of rotatable bonds is 2. The van der Waals surface area contributed by atoms with Gasteiger partial charge in [0.05, 0.1) is 6.54 Å². The number of ether oxygens (including phenoxy) is 1. The molecular formula is C13H11F6NO3. The molecular weight excluding hydrogens is 332 g/mol. The van der Waals surface area contributed by atoms with E-state index < -0.39 is 42.8 Å². The van der Waals surface area contributed by atoms with Crippen LogP contribution in [0, 0.1) is 0 Å². The Balaban J connectivity index is 2.07. The molecule has 2 rings (SSSR count). The molecule has 1 N–H and O–H groups in total. The molecule has 1 aliphatic rings. The van der Waals surface area contributed by atoms with Crippen molar-refractivity contribution in [3.05, 3.63) is 29.8 Å². The standard InChI is InChI=1S/C13H11F6NO3/c14-12(15,16)11(22)5-6-20(7-11)10(21)8-1-3-9(4-2-8)23-13(17,18)19/h1-4,22H,5-7H2/t11-/m0/s1. The number of carbonyl (C=O) groups excluding carboxylic acids is 1. The van der Waals surface area contributed by atoms with E-state index in [4.69, 9.17) is 0 Å². The summed E-state index contributed by atoms with van der Waals surface area (Å²) in [6.45, 7) is -1.23. The smallest absolute Gasteiger partial charge is 0.406 e. The van der Waals surface area contributed by atoms with Crippen LogP contribution in [0.5, 0.6) is 5.75 Å². The average molecular weight is 343 g/mol. The number of halogens is 6. The summed E-state index contributed by atoms with van der Waals surface area (Å²) in [7, 11) is 0. The number of amides is 1. The van der Waals surface area contributed by atoms with Gasteiger partial charge in [-0.2, -0.15) is 13.2 Å². The van der Waals surface area contributed by atoms with E-state index in [-0.39, 0.29) is 12.1 Å². The third-order valence-electron chi connectivity index (χ3n) is 3.40. The van der Waals surface area contributed by atoms with Gasteiger partial charge in [-0.1, -0.05) is 0 Å². The number of alkyl halides is 6. The van der Waals surface area contributed by atoms with E-state index in [0.29, 0.717) is 0 Å². The van der Waals surface area contributed by atoms with Crippen molar-refractivity contribution in [2.75, 3.05) is 13.1 Å². The van der Waals surface area contributed by atoms with E-state index >= 15 is 0 Å². The second-order valence-corrected chi connectivity index (χ2v) is 5.08. The van der Waals surface area contributed by atoms with E-state index in [1.54, 1.807) is 0 Å². The fourth-order valence-corrected chi connectivity index (χ4v) is 2.18. The number of β-amino-alcohol motifs (C(OH)–C–C–N with tert-alkyl or cyclic N) is 1. The molecule has 1 heterocycles.